The Bertz CT molecular complexity index is 339. The summed E-state index contributed by atoms with van der Waals surface area (Å²) >= 11 is 0. The van der Waals surface area contributed by atoms with Crippen molar-refractivity contribution in [2.75, 3.05) is 6.61 Å². The molecule has 0 saturated carbocycles. The summed E-state index contributed by atoms with van der Waals surface area (Å²) in [5.74, 6) is -0.245. The fourth-order valence-corrected chi connectivity index (χ4v) is 0.718. The maximum atomic E-state index is 10.6. The van der Waals surface area contributed by atoms with E-state index in [1.54, 1.807) is 6.07 Å². The van der Waals surface area contributed by atoms with Gasteiger partial charge in [-0.25, -0.2) is 4.98 Å². The molecule has 0 aliphatic rings. The Morgan fingerprint density at radius 1 is 1.69 bits per heavy atom. The summed E-state index contributed by atoms with van der Waals surface area (Å²) in [5.41, 5.74) is 5.30. The average Bonchev–Trinajstić information content (AvgIpc) is 2.15. The molecule has 1 aromatic rings. The summed E-state index contributed by atoms with van der Waals surface area (Å²) in [4.78, 5) is 14.4. The molecule has 0 atom stereocenters. The fraction of sp³-hybridized carbons (Fsp3) is 0.125. The summed E-state index contributed by atoms with van der Waals surface area (Å²) in [6.45, 7) is -0.0665. The lowest BCUT2D eigenvalue weighted by Crippen LogP contribution is -2.11. The third-order valence-electron chi connectivity index (χ3n) is 1.31. The first-order valence-corrected chi connectivity index (χ1v) is 3.49. The molecule has 0 aromatic carbocycles. The van der Waals surface area contributed by atoms with Crippen LogP contribution in [-0.2, 0) is 0 Å². The number of aromatic nitrogens is 1. The first-order chi connectivity index (χ1) is 6.24. The number of hydrogen-bond donors (Lipinski definition) is 1. The zero-order chi connectivity index (χ0) is 9.68. The predicted molar refractivity (Wildman–Crippen MR) is 43.9 cm³/mol. The lowest BCUT2D eigenvalue weighted by molar-refractivity contribution is 0.1000. The lowest BCUT2D eigenvalue weighted by Gasteiger charge is -1.99. The smallest absolute Gasteiger partial charge is 0.250 e. The number of pyridine rings is 1. The Labute approximate surface area is 74.8 Å². The number of nitrogens with two attached hydrogens (primary N) is 1. The van der Waals surface area contributed by atoms with Gasteiger partial charge >= 0.3 is 0 Å². The van der Waals surface area contributed by atoms with Crippen molar-refractivity contribution in [2.24, 2.45) is 5.73 Å². The number of amides is 1. The molecule has 0 fully saturated rings. The van der Waals surface area contributed by atoms with Crippen LogP contribution in [0.15, 0.2) is 18.3 Å². The summed E-state index contributed by atoms with van der Waals surface area (Å²) in [5, 5.41) is 8.19. The standard InChI is InChI=1S/C8H7N3O2/c9-3-4-13-7-2-1-6(5-11-7)8(10)12/h1-2,5H,4H2,(H2,10,12). The molecule has 5 heteroatoms. The molecule has 0 bridgehead atoms. The van der Waals surface area contributed by atoms with Crippen LogP contribution in [0.2, 0.25) is 0 Å². The Kier molecular flexibility index (Phi) is 2.82. The SMILES string of the molecule is N#CCOc1ccc(C(N)=O)cn1. The van der Waals surface area contributed by atoms with Gasteiger partial charge in [-0.2, -0.15) is 5.26 Å². The van der Waals surface area contributed by atoms with Crippen molar-refractivity contribution >= 4 is 5.91 Å². The molecule has 0 radical (unpaired) electrons. The third kappa shape index (κ3) is 2.45. The summed E-state index contributed by atoms with van der Waals surface area (Å²) in [7, 11) is 0. The van der Waals surface area contributed by atoms with E-state index in [2.05, 4.69) is 4.98 Å². The largest absolute Gasteiger partial charge is 0.462 e. The lowest BCUT2D eigenvalue weighted by atomic mass is 10.3. The maximum absolute atomic E-state index is 10.6. The van der Waals surface area contributed by atoms with Crippen molar-refractivity contribution in [3.63, 3.8) is 0 Å². The van der Waals surface area contributed by atoms with Crippen molar-refractivity contribution in [3.8, 4) is 11.9 Å². The third-order valence-corrected chi connectivity index (χ3v) is 1.31. The quantitative estimate of drug-likeness (QED) is 0.708. The first kappa shape index (κ1) is 9.00. The van der Waals surface area contributed by atoms with E-state index in [9.17, 15) is 4.79 Å². The van der Waals surface area contributed by atoms with Crippen LogP contribution >= 0.6 is 0 Å². The number of ether oxygens (including phenoxy) is 1. The summed E-state index contributed by atoms with van der Waals surface area (Å²) < 4.78 is 4.87. The first-order valence-electron chi connectivity index (χ1n) is 3.49. The molecule has 0 aliphatic carbocycles. The van der Waals surface area contributed by atoms with E-state index in [1.165, 1.54) is 18.3 Å². The van der Waals surface area contributed by atoms with Gasteiger partial charge in [-0.3, -0.25) is 4.79 Å². The molecule has 2 N–H and O–H groups in total. The van der Waals surface area contributed by atoms with E-state index in [-0.39, 0.29) is 6.61 Å². The van der Waals surface area contributed by atoms with E-state index in [0.717, 1.165) is 0 Å². The summed E-state index contributed by atoms with van der Waals surface area (Å²) in [6.07, 6.45) is 1.30. The Balaban J connectivity index is 2.71. The van der Waals surface area contributed by atoms with Crippen LogP contribution in [0, 0.1) is 11.3 Å². The van der Waals surface area contributed by atoms with Gasteiger partial charge in [-0.1, -0.05) is 0 Å². The van der Waals surface area contributed by atoms with Gasteiger partial charge in [0.15, 0.2) is 6.61 Å². The molecule has 0 aliphatic heterocycles. The van der Waals surface area contributed by atoms with Crippen LogP contribution in [-0.4, -0.2) is 17.5 Å². The van der Waals surface area contributed by atoms with Crippen LogP contribution in [0.25, 0.3) is 0 Å². The minimum absolute atomic E-state index is 0.0665. The number of primary amides is 1. The van der Waals surface area contributed by atoms with E-state index >= 15 is 0 Å². The average molecular weight is 177 g/mol. The number of carbonyl (C=O) groups is 1. The topological polar surface area (TPSA) is 89.0 Å². The highest BCUT2D eigenvalue weighted by atomic mass is 16.5. The van der Waals surface area contributed by atoms with E-state index in [4.69, 9.17) is 15.7 Å². The van der Waals surface area contributed by atoms with E-state index in [1.807, 2.05) is 0 Å². The van der Waals surface area contributed by atoms with Crippen molar-refractivity contribution in [1.82, 2.24) is 4.98 Å². The van der Waals surface area contributed by atoms with Gasteiger partial charge in [0.1, 0.15) is 6.07 Å². The van der Waals surface area contributed by atoms with Crippen molar-refractivity contribution in [3.05, 3.63) is 23.9 Å². The van der Waals surface area contributed by atoms with Gasteiger partial charge in [0.05, 0.1) is 5.56 Å². The van der Waals surface area contributed by atoms with Gasteiger partial charge in [-0.05, 0) is 6.07 Å². The molecule has 5 nitrogen and oxygen atoms in total. The molecular weight excluding hydrogens is 170 g/mol. The van der Waals surface area contributed by atoms with Crippen LogP contribution in [0.4, 0.5) is 0 Å². The van der Waals surface area contributed by atoms with Crippen LogP contribution < -0.4 is 10.5 Å². The molecule has 0 unspecified atom stereocenters. The minimum Gasteiger partial charge on any atom is -0.462 e. The van der Waals surface area contributed by atoms with Gasteiger partial charge in [0, 0.05) is 12.3 Å². The second kappa shape index (κ2) is 4.07. The summed E-state index contributed by atoms with van der Waals surface area (Å²) in [6, 6.07) is 4.77. The Morgan fingerprint density at radius 2 is 2.46 bits per heavy atom. The molecule has 0 saturated heterocycles. The number of nitrogens with zero attached hydrogens (tertiary/aromatic N) is 2. The van der Waals surface area contributed by atoms with E-state index < -0.39 is 5.91 Å². The molecule has 1 heterocycles. The molecule has 1 amide bonds. The highest BCUT2D eigenvalue weighted by Gasteiger charge is 2.00. The van der Waals surface area contributed by atoms with Crippen LogP contribution in [0.5, 0.6) is 5.88 Å². The highest BCUT2D eigenvalue weighted by molar-refractivity contribution is 5.92. The molecule has 1 aromatic heterocycles. The molecule has 0 spiro atoms. The molecule has 13 heavy (non-hydrogen) atoms. The number of nitriles is 1. The monoisotopic (exact) mass is 177 g/mol. The normalized spacial score (nSPS) is 8.85. The van der Waals surface area contributed by atoms with Crippen molar-refractivity contribution < 1.29 is 9.53 Å². The number of rotatable bonds is 3. The van der Waals surface area contributed by atoms with Gasteiger partial charge in [0.25, 0.3) is 0 Å². The predicted octanol–water partition coefficient (Wildman–Crippen LogP) is 0.0829. The Hall–Kier alpha value is -2.09. The number of carbonyl (C=O) groups excluding carboxylic acids is 1. The van der Waals surface area contributed by atoms with Crippen LogP contribution in [0.3, 0.4) is 0 Å². The van der Waals surface area contributed by atoms with Crippen LogP contribution in [0.1, 0.15) is 10.4 Å². The molecule has 66 valence electrons. The maximum Gasteiger partial charge on any atom is 0.250 e. The van der Waals surface area contributed by atoms with E-state index in [0.29, 0.717) is 11.4 Å². The van der Waals surface area contributed by atoms with Crippen molar-refractivity contribution in [2.45, 2.75) is 0 Å². The molecular formula is C8H7N3O2. The zero-order valence-corrected chi connectivity index (χ0v) is 6.73. The number of hydrogen-bond acceptors (Lipinski definition) is 4. The highest BCUT2D eigenvalue weighted by Crippen LogP contribution is 2.06. The minimum atomic E-state index is -0.542. The second-order valence-electron chi connectivity index (χ2n) is 2.20. The van der Waals surface area contributed by atoms with Gasteiger partial charge in [0.2, 0.25) is 11.8 Å². The fourth-order valence-electron chi connectivity index (χ4n) is 0.718. The molecule has 1 rings (SSSR count). The van der Waals surface area contributed by atoms with Crippen molar-refractivity contribution in [1.29, 1.82) is 5.26 Å². The zero-order valence-electron chi connectivity index (χ0n) is 6.73. The van der Waals surface area contributed by atoms with Gasteiger partial charge in [-0.15, -0.1) is 0 Å². The second-order valence-corrected chi connectivity index (χ2v) is 2.20. The Morgan fingerprint density at radius 3 is 2.92 bits per heavy atom. The van der Waals surface area contributed by atoms with Gasteiger partial charge < -0.3 is 10.5 Å².